The van der Waals surface area contributed by atoms with Crippen molar-refractivity contribution in [2.45, 2.75) is 56.7 Å². The Kier molecular flexibility index (Phi) is 7.73. The molecule has 4 rings (SSSR count). The maximum atomic E-state index is 13.0. The average Bonchev–Trinajstić information content (AvgIpc) is 3.35. The van der Waals surface area contributed by atoms with E-state index in [0.717, 1.165) is 32.1 Å². The molecule has 1 heterocycles. The first-order valence-electron chi connectivity index (χ1n) is 11.8. The number of rotatable bonds is 6. The lowest BCUT2D eigenvalue weighted by atomic mass is 9.90. The number of methoxy groups -OCH3 is 1. The molecule has 1 aliphatic carbocycles. The molecular weight excluding hydrogens is 454 g/mol. The van der Waals surface area contributed by atoms with Crippen LogP contribution in [-0.2, 0) is 4.79 Å². The molecule has 0 spiro atoms. The van der Waals surface area contributed by atoms with Gasteiger partial charge in [-0.15, -0.1) is 0 Å². The van der Waals surface area contributed by atoms with E-state index in [9.17, 15) is 14.4 Å². The van der Waals surface area contributed by atoms with Crippen LogP contribution in [0.4, 0.5) is 0 Å². The third-order valence-corrected chi connectivity index (χ3v) is 6.92. The third-order valence-electron chi connectivity index (χ3n) is 6.67. The van der Waals surface area contributed by atoms with Crippen LogP contribution in [0.25, 0.3) is 0 Å². The summed E-state index contributed by atoms with van der Waals surface area (Å²) in [6, 6.07) is 13.5. The van der Waals surface area contributed by atoms with Gasteiger partial charge in [-0.2, -0.15) is 0 Å². The molecule has 1 atom stereocenters. The van der Waals surface area contributed by atoms with Crippen molar-refractivity contribution >= 4 is 29.3 Å². The van der Waals surface area contributed by atoms with Gasteiger partial charge in [0.25, 0.3) is 11.8 Å². The highest BCUT2D eigenvalue weighted by molar-refractivity contribution is 6.30. The van der Waals surface area contributed by atoms with E-state index >= 15 is 0 Å². The predicted molar refractivity (Wildman–Crippen MR) is 130 cm³/mol. The van der Waals surface area contributed by atoms with E-state index in [1.165, 1.54) is 0 Å². The van der Waals surface area contributed by atoms with Crippen LogP contribution in [0.2, 0.25) is 5.02 Å². The zero-order valence-electron chi connectivity index (χ0n) is 19.3. The van der Waals surface area contributed by atoms with Crippen molar-refractivity contribution in [1.82, 2.24) is 15.5 Å². The predicted octanol–water partition coefficient (Wildman–Crippen LogP) is 3.81. The number of carbonyl (C=O) groups excluding carboxylic acids is 3. The maximum Gasteiger partial charge on any atom is 0.254 e. The molecule has 0 unspecified atom stereocenters. The topological polar surface area (TPSA) is 87.7 Å². The number of nitrogens with zero attached hydrogens (tertiary/aromatic N) is 1. The van der Waals surface area contributed by atoms with E-state index in [2.05, 4.69) is 10.6 Å². The third kappa shape index (κ3) is 5.70. The lowest BCUT2D eigenvalue weighted by Crippen LogP contribution is -2.50. The molecule has 180 valence electrons. The highest BCUT2D eigenvalue weighted by Crippen LogP contribution is 2.24. The van der Waals surface area contributed by atoms with Gasteiger partial charge < -0.3 is 20.3 Å². The molecule has 2 aromatic rings. The van der Waals surface area contributed by atoms with Gasteiger partial charge in [0, 0.05) is 34.8 Å². The average molecular weight is 484 g/mol. The van der Waals surface area contributed by atoms with Crippen LogP contribution in [0, 0.1) is 0 Å². The van der Waals surface area contributed by atoms with Crippen LogP contribution in [-0.4, -0.2) is 54.4 Å². The second-order valence-electron chi connectivity index (χ2n) is 8.92. The first kappa shape index (κ1) is 24.1. The fraction of sp³-hybridized carbons (Fsp3) is 0.423. The Hall–Kier alpha value is -3.06. The minimum Gasteiger partial charge on any atom is -0.497 e. The highest BCUT2D eigenvalue weighted by atomic mass is 35.5. The van der Waals surface area contributed by atoms with Gasteiger partial charge in [-0.05, 0) is 87.1 Å². The van der Waals surface area contributed by atoms with E-state index in [4.69, 9.17) is 16.3 Å². The van der Waals surface area contributed by atoms with Crippen molar-refractivity contribution in [1.29, 1.82) is 0 Å². The number of nitrogens with one attached hydrogen (secondary N) is 2. The van der Waals surface area contributed by atoms with Gasteiger partial charge in [0.1, 0.15) is 11.8 Å². The molecule has 1 aliphatic heterocycles. The number of hydrogen-bond donors (Lipinski definition) is 2. The maximum absolute atomic E-state index is 13.0. The quantitative estimate of drug-likeness (QED) is 0.654. The highest BCUT2D eigenvalue weighted by Gasteiger charge is 2.36. The van der Waals surface area contributed by atoms with E-state index in [-0.39, 0.29) is 29.8 Å². The minimum atomic E-state index is -0.448. The Morgan fingerprint density at radius 3 is 2.06 bits per heavy atom. The second kappa shape index (κ2) is 10.9. The number of benzene rings is 2. The van der Waals surface area contributed by atoms with Crippen LogP contribution in [0.15, 0.2) is 48.5 Å². The molecule has 0 aromatic heterocycles. The summed E-state index contributed by atoms with van der Waals surface area (Å²) in [5.74, 6) is 0.380. The number of likely N-dealkylation sites (tertiary alicyclic amines) is 1. The zero-order valence-corrected chi connectivity index (χ0v) is 20.0. The molecule has 1 saturated carbocycles. The normalized spacial score (nSPS) is 22.2. The largest absolute Gasteiger partial charge is 0.497 e. The van der Waals surface area contributed by atoms with E-state index in [1.807, 2.05) is 0 Å². The Bertz CT molecular complexity index is 1020. The number of carbonyl (C=O) groups is 3. The molecule has 2 aliphatic rings. The Labute approximate surface area is 204 Å². The molecule has 34 heavy (non-hydrogen) atoms. The van der Waals surface area contributed by atoms with Crippen molar-refractivity contribution < 1.29 is 19.1 Å². The van der Waals surface area contributed by atoms with Crippen LogP contribution >= 0.6 is 11.6 Å². The summed E-state index contributed by atoms with van der Waals surface area (Å²) in [6.07, 6.45) is 4.64. The molecule has 1 saturated heterocycles. The fourth-order valence-electron chi connectivity index (χ4n) is 4.73. The van der Waals surface area contributed by atoms with Crippen molar-refractivity contribution in [3.8, 4) is 5.75 Å². The Morgan fingerprint density at radius 1 is 0.853 bits per heavy atom. The lowest BCUT2D eigenvalue weighted by Gasteiger charge is -2.31. The lowest BCUT2D eigenvalue weighted by molar-refractivity contribution is -0.125. The van der Waals surface area contributed by atoms with Crippen LogP contribution in [0.3, 0.4) is 0 Å². The molecule has 0 bridgehead atoms. The summed E-state index contributed by atoms with van der Waals surface area (Å²) in [6.45, 7) is 0.573. The van der Waals surface area contributed by atoms with E-state index in [0.29, 0.717) is 34.9 Å². The molecule has 8 heteroatoms. The molecule has 2 aromatic carbocycles. The zero-order chi connectivity index (χ0) is 24.1. The number of halogens is 1. The minimum absolute atomic E-state index is 0.0507. The van der Waals surface area contributed by atoms with Gasteiger partial charge in [-0.3, -0.25) is 14.4 Å². The van der Waals surface area contributed by atoms with Gasteiger partial charge in [0.2, 0.25) is 5.91 Å². The molecular formula is C26H30ClN3O4. The van der Waals surface area contributed by atoms with Crippen LogP contribution in [0.1, 0.15) is 59.2 Å². The first-order chi connectivity index (χ1) is 16.4. The summed E-state index contributed by atoms with van der Waals surface area (Å²) in [4.78, 5) is 40.1. The van der Waals surface area contributed by atoms with E-state index in [1.54, 1.807) is 60.5 Å². The van der Waals surface area contributed by atoms with Gasteiger partial charge >= 0.3 is 0 Å². The standard InChI is InChI=1S/C26H30ClN3O4/c1-34-22-14-6-17(7-15-22)24(31)28-20-10-12-21(13-11-20)29-25(32)23-3-2-16-30(23)26(33)18-4-8-19(27)9-5-18/h4-9,14-15,20-21,23H,2-3,10-13,16H2,1H3,(H,28,31)(H,29,32)/t20?,21?,23-/m1/s1. The number of ether oxygens (including phenoxy) is 1. The Morgan fingerprint density at radius 2 is 1.44 bits per heavy atom. The van der Waals surface area contributed by atoms with Crippen molar-refractivity contribution in [2.75, 3.05) is 13.7 Å². The smallest absolute Gasteiger partial charge is 0.254 e. The van der Waals surface area contributed by atoms with Gasteiger partial charge in [0.05, 0.1) is 7.11 Å². The van der Waals surface area contributed by atoms with Crippen molar-refractivity contribution in [3.05, 3.63) is 64.7 Å². The fourth-order valence-corrected chi connectivity index (χ4v) is 4.86. The second-order valence-corrected chi connectivity index (χ2v) is 9.36. The molecule has 3 amide bonds. The summed E-state index contributed by atoms with van der Waals surface area (Å²) in [5.41, 5.74) is 1.14. The summed E-state index contributed by atoms with van der Waals surface area (Å²) in [7, 11) is 1.59. The monoisotopic (exact) mass is 483 g/mol. The van der Waals surface area contributed by atoms with Gasteiger partial charge in [-0.1, -0.05) is 11.6 Å². The van der Waals surface area contributed by atoms with Crippen molar-refractivity contribution in [2.24, 2.45) is 0 Å². The van der Waals surface area contributed by atoms with Crippen LogP contribution < -0.4 is 15.4 Å². The first-order valence-corrected chi connectivity index (χ1v) is 12.1. The summed E-state index contributed by atoms with van der Waals surface area (Å²) in [5, 5.41) is 6.81. The van der Waals surface area contributed by atoms with Crippen LogP contribution in [0.5, 0.6) is 5.75 Å². The molecule has 0 radical (unpaired) electrons. The van der Waals surface area contributed by atoms with Crippen molar-refractivity contribution in [3.63, 3.8) is 0 Å². The molecule has 2 N–H and O–H groups in total. The summed E-state index contributed by atoms with van der Waals surface area (Å²) >= 11 is 5.93. The Balaban J connectivity index is 1.26. The molecule has 2 fully saturated rings. The number of amides is 3. The van der Waals surface area contributed by atoms with Gasteiger partial charge in [0.15, 0.2) is 0 Å². The molecule has 7 nitrogen and oxygen atoms in total. The number of hydrogen-bond acceptors (Lipinski definition) is 4. The SMILES string of the molecule is COc1ccc(C(=O)NC2CCC(NC(=O)[C@H]3CCCN3C(=O)c3ccc(Cl)cc3)CC2)cc1. The van der Waals surface area contributed by atoms with Gasteiger partial charge in [-0.25, -0.2) is 0 Å². The summed E-state index contributed by atoms with van der Waals surface area (Å²) < 4.78 is 5.13. The van der Waals surface area contributed by atoms with E-state index < -0.39 is 6.04 Å².